The standard InChI is InChI=1S/C15H16Br2N2O/c1-8(2)6-12-13(17)15(20)19-14(18-12)10-4-5-11(16)9(3)7-10/h4-5,7-8H,6H2,1-3H3,(H,18,19,20). The van der Waals surface area contributed by atoms with Crippen LogP contribution in [0.4, 0.5) is 0 Å². The summed E-state index contributed by atoms with van der Waals surface area (Å²) in [6.45, 7) is 6.23. The molecule has 0 fully saturated rings. The quantitative estimate of drug-likeness (QED) is 0.827. The number of H-pyrrole nitrogens is 1. The largest absolute Gasteiger partial charge is 0.306 e. The summed E-state index contributed by atoms with van der Waals surface area (Å²) in [5.74, 6) is 1.06. The highest BCUT2D eigenvalue weighted by molar-refractivity contribution is 9.10. The van der Waals surface area contributed by atoms with Gasteiger partial charge >= 0.3 is 0 Å². The summed E-state index contributed by atoms with van der Waals surface area (Å²) < 4.78 is 1.58. The van der Waals surface area contributed by atoms with E-state index < -0.39 is 0 Å². The first-order valence-corrected chi connectivity index (χ1v) is 8.02. The molecule has 5 heteroatoms. The van der Waals surface area contributed by atoms with Crippen LogP contribution in [-0.2, 0) is 6.42 Å². The van der Waals surface area contributed by atoms with Gasteiger partial charge in [0.2, 0.25) is 0 Å². The second-order valence-corrected chi connectivity index (χ2v) is 6.88. The van der Waals surface area contributed by atoms with Crippen molar-refractivity contribution in [1.29, 1.82) is 0 Å². The molecule has 3 nitrogen and oxygen atoms in total. The Bertz CT molecular complexity index is 693. The molecule has 1 aromatic carbocycles. The Morgan fingerprint density at radius 1 is 1.30 bits per heavy atom. The predicted octanol–water partition coefficient (Wildman–Crippen LogP) is 4.47. The molecule has 2 rings (SSSR count). The minimum absolute atomic E-state index is 0.133. The van der Waals surface area contributed by atoms with Crippen molar-refractivity contribution in [3.05, 3.63) is 48.8 Å². The van der Waals surface area contributed by atoms with Crippen LogP contribution in [0.5, 0.6) is 0 Å². The van der Waals surface area contributed by atoms with Crippen LogP contribution in [0.15, 0.2) is 31.9 Å². The summed E-state index contributed by atoms with van der Waals surface area (Å²) in [6, 6.07) is 5.92. The number of nitrogens with one attached hydrogen (secondary N) is 1. The summed E-state index contributed by atoms with van der Waals surface area (Å²) in [6.07, 6.45) is 0.771. The minimum Gasteiger partial charge on any atom is -0.306 e. The molecule has 1 aromatic heterocycles. The molecule has 0 bridgehead atoms. The highest BCUT2D eigenvalue weighted by atomic mass is 79.9. The molecule has 0 aliphatic carbocycles. The fourth-order valence-corrected chi connectivity index (χ4v) is 2.55. The lowest BCUT2D eigenvalue weighted by Gasteiger charge is -2.09. The van der Waals surface area contributed by atoms with E-state index in [4.69, 9.17) is 0 Å². The van der Waals surface area contributed by atoms with E-state index in [1.165, 1.54) is 0 Å². The Hall–Kier alpha value is -0.940. The third-order valence-corrected chi connectivity index (χ3v) is 4.67. The van der Waals surface area contributed by atoms with Gasteiger partial charge < -0.3 is 4.98 Å². The Balaban J connectivity index is 2.54. The van der Waals surface area contributed by atoms with Crippen LogP contribution < -0.4 is 5.56 Å². The van der Waals surface area contributed by atoms with Crippen molar-refractivity contribution in [2.45, 2.75) is 27.2 Å². The van der Waals surface area contributed by atoms with E-state index >= 15 is 0 Å². The molecular formula is C15H16Br2N2O. The van der Waals surface area contributed by atoms with Crippen LogP contribution in [-0.4, -0.2) is 9.97 Å². The van der Waals surface area contributed by atoms with Crippen molar-refractivity contribution in [1.82, 2.24) is 9.97 Å². The van der Waals surface area contributed by atoms with Gasteiger partial charge in [-0.3, -0.25) is 4.79 Å². The highest BCUT2D eigenvalue weighted by Crippen LogP contribution is 2.23. The topological polar surface area (TPSA) is 45.8 Å². The molecule has 2 aromatic rings. The third-order valence-electron chi connectivity index (χ3n) is 2.96. The van der Waals surface area contributed by atoms with Gasteiger partial charge in [0, 0.05) is 10.0 Å². The zero-order valence-electron chi connectivity index (χ0n) is 11.6. The summed E-state index contributed by atoms with van der Waals surface area (Å²) in [5, 5.41) is 0. The van der Waals surface area contributed by atoms with Crippen molar-refractivity contribution in [3.8, 4) is 11.4 Å². The minimum atomic E-state index is -0.133. The van der Waals surface area contributed by atoms with E-state index in [0.717, 1.165) is 27.7 Å². The smallest absolute Gasteiger partial charge is 0.265 e. The van der Waals surface area contributed by atoms with Crippen LogP contribution in [0.1, 0.15) is 25.1 Å². The van der Waals surface area contributed by atoms with Gasteiger partial charge in [0.05, 0.1) is 5.69 Å². The van der Waals surface area contributed by atoms with E-state index in [-0.39, 0.29) is 5.56 Å². The number of halogens is 2. The van der Waals surface area contributed by atoms with Crippen molar-refractivity contribution < 1.29 is 0 Å². The number of aryl methyl sites for hydroxylation is 1. The maximum Gasteiger partial charge on any atom is 0.265 e. The van der Waals surface area contributed by atoms with Crippen molar-refractivity contribution in [2.24, 2.45) is 5.92 Å². The van der Waals surface area contributed by atoms with Crippen LogP contribution in [0.2, 0.25) is 0 Å². The van der Waals surface area contributed by atoms with Gasteiger partial charge in [-0.1, -0.05) is 35.8 Å². The second-order valence-electron chi connectivity index (χ2n) is 5.24. The number of hydrogen-bond acceptors (Lipinski definition) is 2. The van der Waals surface area contributed by atoms with Gasteiger partial charge in [-0.05, 0) is 52.9 Å². The normalized spacial score (nSPS) is 11.1. The summed E-state index contributed by atoms with van der Waals surface area (Å²) in [4.78, 5) is 19.4. The Morgan fingerprint density at radius 2 is 2.00 bits per heavy atom. The van der Waals surface area contributed by atoms with Gasteiger partial charge in [-0.15, -0.1) is 0 Å². The number of hydrogen-bond donors (Lipinski definition) is 1. The first-order valence-electron chi connectivity index (χ1n) is 6.43. The SMILES string of the molecule is Cc1cc(-c2nc(CC(C)C)c(Br)c(=O)[nH]2)ccc1Br. The molecule has 1 N–H and O–H groups in total. The van der Waals surface area contributed by atoms with E-state index in [2.05, 4.69) is 55.7 Å². The lowest BCUT2D eigenvalue weighted by molar-refractivity contribution is 0.631. The summed E-state index contributed by atoms with van der Waals surface area (Å²) >= 11 is 6.80. The molecule has 0 unspecified atom stereocenters. The Kier molecular flexibility index (Phi) is 4.81. The molecule has 0 saturated carbocycles. The zero-order chi connectivity index (χ0) is 14.9. The molecule has 0 amide bonds. The summed E-state index contributed by atoms with van der Waals surface area (Å²) in [5.41, 5.74) is 2.70. The fourth-order valence-electron chi connectivity index (χ4n) is 1.96. The highest BCUT2D eigenvalue weighted by Gasteiger charge is 2.12. The van der Waals surface area contributed by atoms with Gasteiger partial charge in [0.15, 0.2) is 0 Å². The van der Waals surface area contributed by atoms with Crippen LogP contribution in [0, 0.1) is 12.8 Å². The maximum absolute atomic E-state index is 12.0. The number of rotatable bonds is 3. The molecule has 0 radical (unpaired) electrons. The van der Waals surface area contributed by atoms with Gasteiger partial charge in [-0.25, -0.2) is 4.98 Å². The van der Waals surface area contributed by atoms with Crippen molar-refractivity contribution in [3.63, 3.8) is 0 Å². The average Bonchev–Trinajstić information content (AvgIpc) is 2.37. The Morgan fingerprint density at radius 3 is 2.60 bits per heavy atom. The number of benzene rings is 1. The van der Waals surface area contributed by atoms with Crippen molar-refractivity contribution >= 4 is 31.9 Å². The molecule has 0 saturated heterocycles. The predicted molar refractivity (Wildman–Crippen MR) is 89.0 cm³/mol. The van der Waals surface area contributed by atoms with E-state index in [1.54, 1.807) is 0 Å². The molecule has 0 aliphatic rings. The molecular weight excluding hydrogens is 384 g/mol. The first kappa shape index (κ1) is 15.4. The number of aromatic amines is 1. The van der Waals surface area contributed by atoms with Gasteiger partial charge in [0.25, 0.3) is 5.56 Å². The van der Waals surface area contributed by atoms with Gasteiger partial charge in [0.1, 0.15) is 10.3 Å². The molecule has 0 aliphatic heterocycles. The molecule has 20 heavy (non-hydrogen) atoms. The van der Waals surface area contributed by atoms with Crippen molar-refractivity contribution in [2.75, 3.05) is 0 Å². The van der Waals surface area contributed by atoms with Crippen LogP contribution in [0.3, 0.4) is 0 Å². The second kappa shape index (κ2) is 6.22. The Labute approximate surface area is 135 Å². The van der Waals surface area contributed by atoms with E-state index in [0.29, 0.717) is 16.2 Å². The number of nitrogens with zero attached hydrogens (tertiary/aromatic N) is 1. The molecule has 0 atom stereocenters. The monoisotopic (exact) mass is 398 g/mol. The first-order chi connectivity index (χ1) is 9.38. The average molecular weight is 400 g/mol. The van der Waals surface area contributed by atoms with Gasteiger partial charge in [-0.2, -0.15) is 0 Å². The van der Waals surface area contributed by atoms with E-state index in [1.807, 2.05) is 25.1 Å². The van der Waals surface area contributed by atoms with E-state index in [9.17, 15) is 4.79 Å². The van der Waals surface area contributed by atoms with Crippen LogP contribution in [0.25, 0.3) is 11.4 Å². The fraction of sp³-hybridized carbons (Fsp3) is 0.333. The van der Waals surface area contributed by atoms with Crippen LogP contribution >= 0.6 is 31.9 Å². The lowest BCUT2D eigenvalue weighted by Crippen LogP contribution is -2.15. The molecule has 0 spiro atoms. The maximum atomic E-state index is 12.0. The lowest BCUT2D eigenvalue weighted by atomic mass is 10.1. The molecule has 106 valence electrons. The number of aromatic nitrogens is 2. The zero-order valence-corrected chi connectivity index (χ0v) is 14.8. The third kappa shape index (κ3) is 3.38. The summed E-state index contributed by atoms with van der Waals surface area (Å²) in [7, 11) is 0. The molecule has 1 heterocycles.